The van der Waals surface area contributed by atoms with E-state index < -0.39 is 10.9 Å². The van der Waals surface area contributed by atoms with Gasteiger partial charge in [-0.2, -0.15) is 0 Å². The van der Waals surface area contributed by atoms with Crippen LogP contribution in [0.3, 0.4) is 0 Å². The van der Waals surface area contributed by atoms with Gasteiger partial charge in [-0.1, -0.05) is 11.6 Å². The number of esters is 1. The fourth-order valence-corrected chi connectivity index (χ4v) is 3.60. The zero-order valence-corrected chi connectivity index (χ0v) is 19.1. The fraction of sp³-hybridized carbons (Fsp3) is 0.200. The molecule has 0 fully saturated rings. The second kappa shape index (κ2) is 9.00. The lowest BCUT2D eigenvalue weighted by atomic mass is 10.1. The number of benzene rings is 2. The Bertz CT molecular complexity index is 1100. The number of methoxy groups -OCH3 is 1. The summed E-state index contributed by atoms with van der Waals surface area (Å²) in [6.45, 7) is 3.82. The minimum absolute atomic E-state index is 0.0305. The molecule has 0 saturated carbocycles. The maximum Gasteiger partial charge on any atom is 0.363 e. The molecule has 0 aromatic heterocycles. The number of rotatable bonds is 6. The number of aliphatic imine (C=N–C) groups is 1. The Morgan fingerprint density at radius 1 is 1.30 bits per heavy atom. The summed E-state index contributed by atoms with van der Waals surface area (Å²) < 4.78 is 17.2. The molecular formula is C20H16ClIN2O6. The quantitative estimate of drug-likeness (QED) is 0.168. The van der Waals surface area contributed by atoms with E-state index in [-0.39, 0.29) is 34.0 Å². The molecule has 3 rings (SSSR count). The molecular weight excluding hydrogens is 527 g/mol. The van der Waals surface area contributed by atoms with Gasteiger partial charge in [0, 0.05) is 12.1 Å². The van der Waals surface area contributed by atoms with E-state index in [0.717, 1.165) is 3.57 Å². The van der Waals surface area contributed by atoms with Crippen LogP contribution in [0, 0.1) is 13.7 Å². The highest BCUT2D eigenvalue weighted by molar-refractivity contribution is 14.1. The van der Waals surface area contributed by atoms with E-state index in [9.17, 15) is 14.9 Å². The van der Waals surface area contributed by atoms with Gasteiger partial charge in [-0.25, -0.2) is 9.79 Å². The van der Waals surface area contributed by atoms with Gasteiger partial charge in [0.05, 0.1) is 32.3 Å². The number of non-ortho nitro benzene ring substituents is 1. The first-order valence-electron chi connectivity index (χ1n) is 8.70. The summed E-state index contributed by atoms with van der Waals surface area (Å²) in [6, 6.07) is 7.35. The molecule has 1 aliphatic rings. The van der Waals surface area contributed by atoms with Crippen molar-refractivity contribution in [1.29, 1.82) is 0 Å². The van der Waals surface area contributed by atoms with Gasteiger partial charge >= 0.3 is 5.97 Å². The van der Waals surface area contributed by atoms with Crippen molar-refractivity contribution in [3.63, 3.8) is 0 Å². The number of ether oxygens (including phenoxy) is 3. The molecule has 0 N–H and O–H groups in total. The van der Waals surface area contributed by atoms with Gasteiger partial charge in [-0.15, -0.1) is 0 Å². The number of hydrogen-bond donors (Lipinski definition) is 0. The molecule has 0 unspecified atom stereocenters. The third-order valence-corrected chi connectivity index (χ3v) is 5.05. The van der Waals surface area contributed by atoms with Crippen molar-refractivity contribution in [3.05, 3.63) is 65.9 Å². The third kappa shape index (κ3) is 4.73. The summed E-state index contributed by atoms with van der Waals surface area (Å²) in [4.78, 5) is 26.9. The van der Waals surface area contributed by atoms with Crippen molar-refractivity contribution in [2.45, 2.75) is 20.0 Å². The van der Waals surface area contributed by atoms with E-state index >= 15 is 0 Å². The largest absolute Gasteiger partial charge is 0.493 e. The summed E-state index contributed by atoms with van der Waals surface area (Å²) in [6.07, 6.45) is 1.50. The van der Waals surface area contributed by atoms with Crippen molar-refractivity contribution in [2.75, 3.05) is 7.11 Å². The first-order chi connectivity index (χ1) is 14.2. The lowest BCUT2D eigenvalue weighted by molar-refractivity contribution is -0.384. The first-order valence-corrected chi connectivity index (χ1v) is 10.2. The Labute approximate surface area is 190 Å². The SMILES string of the molecule is COc1cc(/C=C2\N=C(c3cc([N+](=O)[O-])ccc3Cl)OC2=O)cc(I)c1OC(C)C. The smallest absolute Gasteiger partial charge is 0.363 e. The molecule has 10 heteroatoms. The van der Waals surface area contributed by atoms with Crippen LogP contribution in [0.5, 0.6) is 11.5 Å². The Balaban J connectivity index is 2.00. The first kappa shape index (κ1) is 22.0. The van der Waals surface area contributed by atoms with Crippen LogP contribution in [0.25, 0.3) is 6.08 Å². The number of hydrogen-bond acceptors (Lipinski definition) is 7. The highest BCUT2D eigenvalue weighted by atomic mass is 127. The molecule has 8 nitrogen and oxygen atoms in total. The number of nitro benzene ring substituents is 1. The topological polar surface area (TPSA) is 100 Å². The molecule has 0 aliphatic carbocycles. The van der Waals surface area contributed by atoms with Crippen molar-refractivity contribution in [3.8, 4) is 11.5 Å². The van der Waals surface area contributed by atoms with Gasteiger partial charge in [-0.05, 0) is 66.3 Å². The van der Waals surface area contributed by atoms with Crippen LogP contribution in [0.1, 0.15) is 25.0 Å². The average Bonchev–Trinajstić information content (AvgIpc) is 3.03. The minimum atomic E-state index is -0.691. The molecule has 156 valence electrons. The standard InChI is InChI=1S/C20H16ClIN2O6/c1-10(2)29-18-15(22)6-11(8-17(18)28-3)7-16-20(25)30-19(23-16)13-9-12(24(26)27)4-5-14(13)21/h4-10H,1-3H3/b16-7-. The number of carbonyl (C=O) groups is 1. The van der Waals surface area contributed by atoms with Crippen molar-refractivity contribution >= 4 is 57.8 Å². The summed E-state index contributed by atoms with van der Waals surface area (Å²) in [5.74, 6) is 0.335. The van der Waals surface area contributed by atoms with E-state index in [2.05, 4.69) is 27.6 Å². The molecule has 0 spiro atoms. The van der Waals surface area contributed by atoms with E-state index in [1.165, 1.54) is 31.4 Å². The van der Waals surface area contributed by atoms with Crippen LogP contribution in [-0.2, 0) is 9.53 Å². The Hall–Kier alpha value is -2.66. The molecule has 0 saturated heterocycles. The normalized spacial score (nSPS) is 14.7. The van der Waals surface area contributed by atoms with Gasteiger partial charge in [0.1, 0.15) is 0 Å². The predicted molar refractivity (Wildman–Crippen MR) is 120 cm³/mol. The van der Waals surface area contributed by atoms with Crippen LogP contribution in [0.4, 0.5) is 5.69 Å². The highest BCUT2D eigenvalue weighted by Crippen LogP contribution is 2.36. The summed E-state index contributed by atoms with van der Waals surface area (Å²) in [7, 11) is 1.53. The van der Waals surface area contributed by atoms with Gasteiger partial charge < -0.3 is 14.2 Å². The van der Waals surface area contributed by atoms with Gasteiger partial charge in [-0.3, -0.25) is 10.1 Å². The molecule has 0 amide bonds. The second-order valence-electron chi connectivity index (χ2n) is 6.46. The van der Waals surface area contributed by atoms with Gasteiger partial charge in [0.15, 0.2) is 17.2 Å². The summed E-state index contributed by atoms with van der Waals surface area (Å²) >= 11 is 8.23. The molecule has 1 heterocycles. The van der Waals surface area contributed by atoms with Crippen LogP contribution in [0.2, 0.25) is 5.02 Å². The monoisotopic (exact) mass is 542 g/mol. The van der Waals surface area contributed by atoms with Crippen molar-refractivity contribution in [2.24, 2.45) is 4.99 Å². The number of nitrogens with zero attached hydrogens (tertiary/aromatic N) is 2. The lowest BCUT2D eigenvalue weighted by Gasteiger charge is -2.15. The zero-order valence-electron chi connectivity index (χ0n) is 16.1. The number of carbonyl (C=O) groups excluding carboxylic acids is 1. The summed E-state index contributed by atoms with van der Waals surface area (Å²) in [5.41, 5.74) is 0.651. The van der Waals surface area contributed by atoms with Crippen LogP contribution in [0.15, 0.2) is 41.0 Å². The van der Waals surface area contributed by atoms with Gasteiger partial charge in [0.2, 0.25) is 5.90 Å². The van der Waals surface area contributed by atoms with Crippen LogP contribution in [-0.4, -0.2) is 30.0 Å². The molecule has 1 aliphatic heterocycles. The maximum atomic E-state index is 12.3. The van der Waals surface area contributed by atoms with E-state index in [1.54, 1.807) is 6.07 Å². The molecule has 30 heavy (non-hydrogen) atoms. The van der Waals surface area contributed by atoms with E-state index in [0.29, 0.717) is 17.1 Å². The van der Waals surface area contributed by atoms with Crippen molar-refractivity contribution < 1.29 is 23.9 Å². The maximum absolute atomic E-state index is 12.3. The average molecular weight is 543 g/mol. The van der Waals surface area contributed by atoms with Crippen molar-refractivity contribution in [1.82, 2.24) is 0 Å². The van der Waals surface area contributed by atoms with Crippen LogP contribution >= 0.6 is 34.2 Å². The predicted octanol–water partition coefficient (Wildman–Crippen LogP) is 4.99. The molecule has 0 radical (unpaired) electrons. The molecule has 2 aromatic rings. The third-order valence-electron chi connectivity index (χ3n) is 3.92. The Kier molecular flexibility index (Phi) is 6.61. The van der Waals surface area contributed by atoms with E-state index in [4.69, 9.17) is 25.8 Å². The summed E-state index contributed by atoms with van der Waals surface area (Å²) in [5, 5.41) is 11.2. The number of cyclic esters (lactones) is 1. The van der Waals surface area contributed by atoms with Gasteiger partial charge in [0.25, 0.3) is 5.69 Å². The molecule has 0 atom stereocenters. The minimum Gasteiger partial charge on any atom is -0.493 e. The lowest BCUT2D eigenvalue weighted by Crippen LogP contribution is -2.08. The highest BCUT2D eigenvalue weighted by Gasteiger charge is 2.27. The second-order valence-corrected chi connectivity index (χ2v) is 8.03. The molecule has 2 aromatic carbocycles. The fourth-order valence-electron chi connectivity index (χ4n) is 2.65. The van der Waals surface area contributed by atoms with Crippen LogP contribution < -0.4 is 9.47 Å². The number of halogens is 2. The number of nitro groups is 1. The zero-order chi connectivity index (χ0) is 22.0. The Morgan fingerprint density at radius 2 is 2.03 bits per heavy atom. The molecule has 0 bridgehead atoms. The van der Waals surface area contributed by atoms with E-state index in [1.807, 2.05) is 19.9 Å². The Morgan fingerprint density at radius 3 is 2.67 bits per heavy atom.